The van der Waals surface area contributed by atoms with Crippen molar-refractivity contribution in [2.24, 2.45) is 10.7 Å². The molecule has 6 nitrogen and oxygen atoms in total. The Kier molecular flexibility index (Phi) is 8.42. The van der Waals surface area contributed by atoms with Gasteiger partial charge >= 0.3 is 12.1 Å². The molecule has 10 heteroatoms. The molecule has 1 amide bonds. The number of amides is 1. The second kappa shape index (κ2) is 10.8. The van der Waals surface area contributed by atoms with Crippen molar-refractivity contribution in [2.45, 2.75) is 26.1 Å². The number of aliphatic imine (C=N–C) groups is 1. The third-order valence-electron chi connectivity index (χ3n) is 4.26. The number of alkyl halides is 3. The normalized spacial score (nSPS) is 13.0. The van der Waals surface area contributed by atoms with Crippen LogP contribution in [0.1, 0.15) is 25.0 Å². The zero-order valence-corrected chi connectivity index (χ0v) is 18.5. The topological polar surface area (TPSA) is 85.0 Å². The summed E-state index contributed by atoms with van der Waals surface area (Å²) >= 11 is 5.94. The van der Waals surface area contributed by atoms with Gasteiger partial charge in [-0.1, -0.05) is 30.3 Å². The second-order valence-corrected chi connectivity index (χ2v) is 7.23. The van der Waals surface area contributed by atoms with Crippen LogP contribution in [0.4, 0.5) is 18.9 Å². The summed E-state index contributed by atoms with van der Waals surface area (Å²) in [5.41, 5.74) is 6.13. The lowest BCUT2D eigenvalue weighted by Crippen LogP contribution is -2.38. The Morgan fingerprint density at radius 1 is 1.21 bits per heavy atom. The molecule has 0 radical (unpaired) electrons. The van der Waals surface area contributed by atoms with E-state index in [0.29, 0.717) is 16.3 Å². The van der Waals surface area contributed by atoms with Gasteiger partial charge in [0.25, 0.3) is 5.91 Å². The molecule has 0 saturated heterocycles. The predicted molar refractivity (Wildman–Crippen MR) is 121 cm³/mol. The van der Waals surface area contributed by atoms with Crippen molar-refractivity contribution in [2.75, 3.05) is 4.90 Å². The fourth-order valence-electron chi connectivity index (χ4n) is 2.71. The first-order valence-corrected chi connectivity index (χ1v) is 9.91. The van der Waals surface area contributed by atoms with Crippen LogP contribution in [-0.2, 0) is 20.5 Å². The number of anilines is 1. The first kappa shape index (κ1) is 25.7. The van der Waals surface area contributed by atoms with Crippen LogP contribution in [0.15, 0.2) is 72.0 Å². The predicted octanol–water partition coefficient (Wildman–Crippen LogP) is 5.19. The standard InChI is InChI=1S/C23H21ClF3N3O3/c1-14(33-16(3)31)22(32)30(20-9-7-18(8-10-20)23(25,26)27)15(2)29-12-11-21(28)17-5-4-6-19(24)13-17/h4-14H,2,28H2,1,3H3/b21-11-,29-12?. The third-order valence-corrected chi connectivity index (χ3v) is 4.49. The van der Waals surface area contributed by atoms with E-state index in [0.717, 1.165) is 36.1 Å². The maximum Gasteiger partial charge on any atom is 0.416 e. The number of benzene rings is 2. The van der Waals surface area contributed by atoms with E-state index in [2.05, 4.69) is 11.6 Å². The minimum atomic E-state index is -4.55. The number of hydrogen-bond donors (Lipinski definition) is 1. The summed E-state index contributed by atoms with van der Waals surface area (Å²) in [4.78, 5) is 29.2. The number of rotatable bonds is 7. The fraction of sp³-hybridized carbons (Fsp3) is 0.174. The van der Waals surface area contributed by atoms with Crippen LogP contribution in [0.3, 0.4) is 0 Å². The molecule has 2 N–H and O–H groups in total. The number of nitrogens with zero attached hydrogens (tertiary/aromatic N) is 2. The van der Waals surface area contributed by atoms with Crippen LogP contribution in [0, 0.1) is 0 Å². The largest absolute Gasteiger partial charge is 0.453 e. The Balaban J connectivity index is 2.35. The highest BCUT2D eigenvalue weighted by molar-refractivity contribution is 6.30. The van der Waals surface area contributed by atoms with E-state index in [9.17, 15) is 22.8 Å². The number of carbonyl (C=O) groups excluding carboxylic acids is 2. The number of allylic oxidation sites excluding steroid dienone is 1. The van der Waals surface area contributed by atoms with Gasteiger partial charge in [0.2, 0.25) is 0 Å². The summed E-state index contributed by atoms with van der Waals surface area (Å²) < 4.78 is 43.6. The molecule has 33 heavy (non-hydrogen) atoms. The average Bonchev–Trinajstić information content (AvgIpc) is 2.73. The smallest absolute Gasteiger partial charge is 0.416 e. The quantitative estimate of drug-likeness (QED) is 0.437. The van der Waals surface area contributed by atoms with Crippen LogP contribution in [-0.4, -0.2) is 24.2 Å². The highest BCUT2D eigenvalue weighted by Gasteiger charge is 2.31. The second-order valence-electron chi connectivity index (χ2n) is 6.80. The Hall–Kier alpha value is -3.59. The molecule has 0 aliphatic heterocycles. The third kappa shape index (κ3) is 7.21. The minimum absolute atomic E-state index is 0.0564. The van der Waals surface area contributed by atoms with Crippen molar-refractivity contribution in [3.05, 3.63) is 83.2 Å². The van der Waals surface area contributed by atoms with Crippen molar-refractivity contribution in [3.63, 3.8) is 0 Å². The maximum absolute atomic E-state index is 12.9. The van der Waals surface area contributed by atoms with Crippen molar-refractivity contribution in [1.29, 1.82) is 0 Å². The van der Waals surface area contributed by atoms with Gasteiger partial charge in [0.1, 0.15) is 5.82 Å². The molecule has 0 bridgehead atoms. The lowest BCUT2D eigenvalue weighted by Gasteiger charge is -2.25. The highest BCUT2D eigenvalue weighted by atomic mass is 35.5. The molecule has 1 atom stereocenters. The molecule has 1 unspecified atom stereocenters. The summed E-state index contributed by atoms with van der Waals surface area (Å²) in [5, 5.41) is 0.490. The molecule has 2 aromatic rings. The average molecular weight is 480 g/mol. The van der Waals surface area contributed by atoms with Gasteiger partial charge in [-0.3, -0.25) is 14.5 Å². The van der Waals surface area contributed by atoms with Gasteiger partial charge in [0, 0.05) is 23.9 Å². The van der Waals surface area contributed by atoms with Gasteiger partial charge in [-0.25, -0.2) is 4.99 Å². The van der Waals surface area contributed by atoms with Crippen LogP contribution >= 0.6 is 11.6 Å². The Bertz CT molecular complexity index is 1100. The molecule has 0 aliphatic carbocycles. The highest BCUT2D eigenvalue weighted by Crippen LogP contribution is 2.31. The van der Waals surface area contributed by atoms with Gasteiger partial charge in [-0.2, -0.15) is 13.2 Å². The van der Waals surface area contributed by atoms with Gasteiger partial charge in [0.05, 0.1) is 11.3 Å². The Labute approximate surface area is 193 Å². The van der Waals surface area contributed by atoms with Crippen molar-refractivity contribution in [3.8, 4) is 0 Å². The monoisotopic (exact) mass is 479 g/mol. The molecule has 0 heterocycles. The first-order chi connectivity index (χ1) is 15.4. The fourth-order valence-corrected chi connectivity index (χ4v) is 2.90. The number of carbonyl (C=O) groups is 2. The molecular weight excluding hydrogens is 459 g/mol. The van der Waals surface area contributed by atoms with Crippen LogP contribution in [0.25, 0.3) is 5.70 Å². The lowest BCUT2D eigenvalue weighted by atomic mass is 10.1. The molecule has 0 saturated carbocycles. The van der Waals surface area contributed by atoms with Crippen molar-refractivity contribution >= 4 is 41.1 Å². The lowest BCUT2D eigenvalue weighted by molar-refractivity contribution is -0.151. The van der Waals surface area contributed by atoms with E-state index in [1.165, 1.54) is 19.2 Å². The summed E-state index contributed by atoms with van der Waals surface area (Å²) in [5.74, 6) is -1.58. The molecule has 174 valence electrons. The van der Waals surface area contributed by atoms with Crippen LogP contribution < -0.4 is 10.6 Å². The number of halogens is 4. The number of ether oxygens (including phenoxy) is 1. The van der Waals surface area contributed by atoms with Crippen molar-refractivity contribution in [1.82, 2.24) is 0 Å². The van der Waals surface area contributed by atoms with Crippen LogP contribution in [0.2, 0.25) is 5.02 Å². The van der Waals surface area contributed by atoms with Crippen LogP contribution in [0.5, 0.6) is 0 Å². The summed E-state index contributed by atoms with van der Waals surface area (Å²) in [7, 11) is 0. The molecule has 2 aromatic carbocycles. The molecule has 0 spiro atoms. The van der Waals surface area contributed by atoms with E-state index < -0.39 is 29.7 Å². The molecule has 0 fully saturated rings. The molecule has 0 aliphatic rings. The number of hydrogen-bond acceptors (Lipinski definition) is 5. The molecule has 2 rings (SSSR count). The van der Waals surface area contributed by atoms with E-state index in [1.54, 1.807) is 24.3 Å². The van der Waals surface area contributed by atoms with E-state index in [-0.39, 0.29) is 11.5 Å². The molecular formula is C23H21ClF3N3O3. The van der Waals surface area contributed by atoms with Gasteiger partial charge in [-0.05, 0) is 55.0 Å². The SMILES string of the molecule is C=C(N=C/C=C(\N)c1cccc(Cl)c1)N(C(=O)C(C)OC(C)=O)c1ccc(C(F)(F)F)cc1. The summed E-state index contributed by atoms with van der Waals surface area (Å²) in [6, 6.07) is 10.6. The summed E-state index contributed by atoms with van der Waals surface area (Å²) in [6.45, 7) is 6.18. The number of nitrogens with two attached hydrogens (primary N) is 1. The molecule has 0 aromatic heterocycles. The summed E-state index contributed by atoms with van der Waals surface area (Å²) in [6.07, 6.45) is -3.05. The number of esters is 1. The zero-order valence-electron chi connectivity index (χ0n) is 17.8. The zero-order chi connectivity index (χ0) is 24.8. The van der Waals surface area contributed by atoms with Crippen molar-refractivity contribution < 1.29 is 27.5 Å². The Morgan fingerprint density at radius 2 is 1.85 bits per heavy atom. The van der Waals surface area contributed by atoms with Gasteiger partial charge in [0.15, 0.2) is 6.10 Å². The van der Waals surface area contributed by atoms with E-state index >= 15 is 0 Å². The van der Waals surface area contributed by atoms with E-state index in [1.807, 2.05) is 0 Å². The first-order valence-electron chi connectivity index (χ1n) is 9.53. The van der Waals surface area contributed by atoms with Gasteiger partial charge < -0.3 is 10.5 Å². The van der Waals surface area contributed by atoms with E-state index in [4.69, 9.17) is 22.1 Å². The maximum atomic E-state index is 12.9. The minimum Gasteiger partial charge on any atom is -0.453 e. The van der Waals surface area contributed by atoms with Gasteiger partial charge in [-0.15, -0.1) is 0 Å². The Morgan fingerprint density at radius 3 is 2.39 bits per heavy atom.